The number of halogens is 2. The van der Waals surface area contributed by atoms with Gasteiger partial charge in [0.05, 0.1) is 19.1 Å². The third kappa shape index (κ3) is 4.58. The molecule has 2 N–H and O–H groups in total. The van der Waals surface area contributed by atoms with E-state index in [4.69, 9.17) is 4.74 Å². The van der Waals surface area contributed by atoms with Crippen molar-refractivity contribution in [1.29, 1.82) is 0 Å². The molecule has 2 fully saturated rings. The summed E-state index contributed by atoms with van der Waals surface area (Å²) in [5, 5.41) is 0. The zero-order chi connectivity index (χ0) is 18.5. The lowest BCUT2D eigenvalue weighted by Gasteiger charge is -2.37. The molecule has 2 saturated heterocycles. The second kappa shape index (κ2) is 8.88. The molecule has 0 spiro atoms. The fourth-order valence-corrected chi connectivity index (χ4v) is 4.04. The van der Waals surface area contributed by atoms with Gasteiger partial charge in [-0.25, -0.2) is 14.2 Å². The molecular formula is C19H27F2N3O2. The molecular weight excluding hydrogens is 340 g/mol. The van der Waals surface area contributed by atoms with Crippen LogP contribution in [0.3, 0.4) is 0 Å². The fraction of sp³-hybridized carbons (Fsp3) is 0.632. The van der Waals surface area contributed by atoms with Crippen molar-refractivity contribution in [2.45, 2.75) is 44.7 Å². The summed E-state index contributed by atoms with van der Waals surface area (Å²) < 4.78 is 32.5. The Bertz CT molecular complexity index is 629. The van der Waals surface area contributed by atoms with Crippen LogP contribution in [0.4, 0.5) is 8.78 Å². The first-order valence-corrected chi connectivity index (χ1v) is 9.41. The van der Waals surface area contributed by atoms with E-state index < -0.39 is 11.6 Å². The summed E-state index contributed by atoms with van der Waals surface area (Å²) in [5.41, 5.74) is 6.69. The van der Waals surface area contributed by atoms with Gasteiger partial charge >= 0.3 is 5.97 Å². The molecule has 1 aromatic carbocycles. The molecule has 2 aliphatic rings. The average Bonchev–Trinajstić information content (AvgIpc) is 3.05. The number of nitrogens with zero attached hydrogens (tertiary/aromatic N) is 1. The number of carbonyl (C=O) groups is 1. The van der Waals surface area contributed by atoms with Gasteiger partial charge < -0.3 is 4.74 Å². The van der Waals surface area contributed by atoms with Crippen LogP contribution in [0.1, 0.15) is 44.2 Å². The van der Waals surface area contributed by atoms with E-state index in [2.05, 4.69) is 15.8 Å². The smallest absolute Gasteiger partial charge is 0.307 e. The van der Waals surface area contributed by atoms with E-state index in [1.54, 1.807) is 0 Å². The highest BCUT2D eigenvalue weighted by Gasteiger charge is 2.34. The zero-order valence-corrected chi connectivity index (χ0v) is 15.1. The van der Waals surface area contributed by atoms with E-state index in [0.717, 1.165) is 38.4 Å². The molecule has 0 amide bonds. The predicted molar refractivity (Wildman–Crippen MR) is 94.2 cm³/mol. The van der Waals surface area contributed by atoms with E-state index in [9.17, 15) is 13.6 Å². The second-order valence-corrected chi connectivity index (χ2v) is 7.08. The van der Waals surface area contributed by atoms with Crippen molar-refractivity contribution in [2.75, 3.05) is 26.2 Å². The Kier molecular flexibility index (Phi) is 6.56. The number of benzene rings is 1. The molecule has 0 radical (unpaired) electrons. The number of rotatable bonds is 6. The van der Waals surface area contributed by atoms with Crippen LogP contribution in [0.25, 0.3) is 0 Å². The van der Waals surface area contributed by atoms with Crippen LogP contribution < -0.4 is 10.9 Å². The molecule has 144 valence electrons. The first-order chi connectivity index (χ1) is 12.6. The fourth-order valence-electron chi connectivity index (χ4n) is 4.04. The molecule has 7 heteroatoms. The van der Waals surface area contributed by atoms with Gasteiger partial charge in [0.25, 0.3) is 0 Å². The Morgan fingerprint density at radius 3 is 2.96 bits per heavy atom. The van der Waals surface area contributed by atoms with E-state index >= 15 is 0 Å². The van der Waals surface area contributed by atoms with Gasteiger partial charge in [0.2, 0.25) is 0 Å². The van der Waals surface area contributed by atoms with E-state index in [0.29, 0.717) is 25.1 Å². The number of hydrazine groups is 1. The van der Waals surface area contributed by atoms with Crippen molar-refractivity contribution in [3.63, 3.8) is 0 Å². The minimum absolute atomic E-state index is 0.137. The van der Waals surface area contributed by atoms with E-state index in [1.807, 2.05) is 6.92 Å². The summed E-state index contributed by atoms with van der Waals surface area (Å²) >= 11 is 0. The van der Waals surface area contributed by atoms with Crippen LogP contribution >= 0.6 is 0 Å². The van der Waals surface area contributed by atoms with Crippen LogP contribution in [-0.4, -0.2) is 43.2 Å². The molecule has 3 rings (SSSR count). The number of esters is 1. The maximum Gasteiger partial charge on any atom is 0.307 e. The maximum absolute atomic E-state index is 14.2. The quantitative estimate of drug-likeness (QED) is 0.757. The van der Waals surface area contributed by atoms with Crippen LogP contribution in [0.15, 0.2) is 18.2 Å². The summed E-state index contributed by atoms with van der Waals surface area (Å²) in [5.74, 6) is -1.12. The number of ether oxygens (including phenoxy) is 1. The summed E-state index contributed by atoms with van der Waals surface area (Å²) in [6, 6.07) is 3.67. The molecule has 0 aliphatic carbocycles. The van der Waals surface area contributed by atoms with Crippen molar-refractivity contribution in [2.24, 2.45) is 5.92 Å². The molecule has 3 atom stereocenters. The van der Waals surface area contributed by atoms with Gasteiger partial charge in [-0.05, 0) is 32.4 Å². The molecule has 3 unspecified atom stereocenters. The largest absolute Gasteiger partial charge is 0.466 e. The highest BCUT2D eigenvalue weighted by Crippen LogP contribution is 2.30. The van der Waals surface area contributed by atoms with Crippen molar-refractivity contribution in [1.82, 2.24) is 15.8 Å². The summed E-state index contributed by atoms with van der Waals surface area (Å²) in [4.78, 5) is 14.2. The molecule has 26 heavy (non-hydrogen) atoms. The van der Waals surface area contributed by atoms with Crippen LogP contribution in [-0.2, 0) is 9.53 Å². The van der Waals surface area contributed by atoms with Gasteiger partial charge in [-0.3, -0.25) is 15.1 Å². The molecule has 2 heterocycles. The number of nitrogens with one attached hydrogen (secondary N) is 2. The second-order valence-electron chi connectivity index (χ2n) is 7.08. The SMILES string of the molecule is CCOC(=O)CC1CCCCN1CC1CNNC1c1ccc(F)cc1F. The molecule has 0 saturated carbocycles. The molecule has 2 aliphatic heterocycles. The normalized spacial score (nSPS) is 26.8. The highest BCUT2D eigenvalue weighted by atomic mass is 19.1. The van der Waals surface area contributed by atoms with Gasteiger partial charge in [0, 0.05) is 36.7 Å². The summed E-state index contributed by atoms with van der Waals surface area (Å²) in [6.45, 7) is 4.59. The van der Waals surface area contributed by atoms with Crippen LogP contribution in [0.5, 0.6) is 0 Å². The standard InChI is InChI=1S/C19H27F2N3O2/c1-2-26-18(25)10-15-5-3-4-8-24(15)12-13-11-22-23-19(13)16-7-6-14(20)9-17(16)21/h6-7,9,13,15,19,22-23H,2-5,8,10-12H2,1H3. The van der Waals surface area contributed by atoms with Gasteiger partial charge in [-0.15, -0.1) is 0 Å². The lowest BCUT2D eigenvalue weighted by atomic mass is 9.91. The Balaban J connectivity index is 1.68. The third-order valence-corrected chi connectivity index (χ3v) is 5.32. The van der Waals surface area contributed by atoms with Gasteiger partial charge in [-0.1, -0.05) is 12.5 Å². The minimum Gasteiger partial charge on any atom is -0.466 e. The third-order valence-electron chi connectivity index (χ3n) is 5.32. The lowest BCUT2D eigenvalue weighted by molar-refractivity contribution is -0.145. The summed E-state index contributed by atoms with van der Waals surface area (Å²) in [7, 11) is 0. The molecule has 0 aromatic heterocycles. The average molecular weight is 367 g/mol. The van der Waals surface area contributed by atoms with Gasteiger partial charge in [0.15, 0.2) is 0 Å². The minimum atomic E-state index is -0.570. The highest BCUT2D eigenvalue weighted by molar-refractivity contribution is 5.70. The number of hydrogen-bond donors (Lipinski definition) is 2. The Morgan fingerprint density at radius 1 is 1.35 bits per heavy atom. The van der Waals surface area contributed by atoms with E-state index in [-0.39, 0.29) is 24.0 Å². The summed E-state index contributed by atoms with van der Waals surface area (Å²) in [6.07, 6.45) is 3.58. The Morgan fingerprint density at radius 2 is 2.19 bits per heavy atom. The molecule has 0 bridgehead atoms. The van der Waals surface area contributed by atoms with Crippen molar-refractivity contribution in [3.8, 4) is 0 Å². The Hall–Kier alpha value is -1.57. The number of piperidine rings is 1. The van der Waals surface area contributed by atoms with Gasteiger partial charge in [-0.2, -0.15) is 0 Å². The van der Waals surface area contributed by atoms with Crippen LogP contribution in [0.2, 0.25) is 0 Å². The number of carbonyl (C=O) groups excluding carboxylic acids is 1. The zero-order valence-electron chi connectivity index (χ0n) is 15.1. The monoisotopic (exact) mass is 367 g/mol. The molecule has 1 aromatic rings. The first kappa shape index (κ1) is 19.2. The molecule has 5 nitrogen and oxygen atoms in total. The first-order valence-electron chi connectivity index (χ1n) is 9.41. The van der Waals surface area contributed by atoms with Crippen molar-refractivity contribution < 1.29 is 18.3 Å². The van der Waals surface area contributed by atoms with Crippen molar-refractivity contribution >= 4 is 5.97 Å². The van der Waals surface area contributed by atoms with Crippen molar-refractivity contribution in [3.05, 3.63) is 35.4 Å². The predicted octanol–water partition coefficient (Wildman–Crippen LogP) is 2.54. The maximum atomic E-state index is 14.2. The van der Waals surface area contributed by atoms with Crippen LogP contribution in [0, 0.1) is 17.6 Å². The number of likely N-dealkylation sites (tertiary alicyclic amines) is 1. The topological polar surface area (TPSA) is 53.6 Å². The van der Waals surface area contributed by atoms with Gasteiger partial charge in [0.1, 0.15) is 11.6 Å². The number of hydrogen-bond acceptors (Lipinski definition) is 5. The Labute approximate surface area is 153 Å². The lowest BCUT2D eigenvalue weighted by Crippen LogP contribution is -2.44. The van der Waals surface area contributed by atoms with E-state index in [1.165, 1.54) is 12.1 Å².